The van der Waals surface area contributed by atoms with Crippen LogP contribution in [-0.2, 0) is 15.8 Å². The van der Waals surface area contributed by atoms with E-state index in [4.69, 9.17) is 0 Å². The minimum atomic E-state index is -4.45. The molecule has 1 heterocycles. The van der Waals surface area contributed by atoms with E-state index in [1.54, 1.807) is 0 Å². The average Bonchev–Trinajstić information content (AvgIpc) is 2.38. The summed E-state index contributed by atoms with van der Waals surface area (Å²) in [5, 5.41) is 5.02. The molecule has 1 fully saturated rings. The Labute approximate surface area is 113 Å². The summed E-state index contributed by atoms with van der Waals surface area (Å²) in [5.74, 6) is -1.15. The van der Waals surface area contributed by atoms with Crippen molar-refractivity contribution in [1.82, 2.24) is 5.32 Å². The van der Waals surface area contributed by atoms with Crippen molar-refractivity contribution in [3.05, 3.63) is 29.8 Å². The smallest absolute Gasteiger partial charge is 0.356 e. The van der Waals surface area contributed by atoms with Gasteiger partial charge in [0.1, 0.15) is 0 Å². The van der Waals surface area contributed by atoms with Gasteiger partial charge in [0.25, 0.3) is 0 Å². The molecule has 2 amide bonds. The summed E-state index contributed by atoms with van der Waals surface area (Å²) < 4.78 is 37.6. The average molecular weight is 286 g/mol. The second kappa shape index (κ2) is 5.52. The highest BCUT2D eigenvalue weighted by Crippen LogP contribution is 2.30. The molecule has 7 heteroatoms. The second-order valence-corrected chi connectivity index (χ2v) is 4.61. The molecule has 1 aromatic carbocycles. The van der Waals surface area contributed by atoms with Crippen molar-refractivity contribution in [2.45, 2.75) is 19.0 Å². The number of hydrogen-bond acceptors (Lipinski definition) is 2. The minimum absolute atomic E-state index is 0.0603. The predicted molar refractivity (Wildman–Crippen MR) is 65.8 cm³/mol. The van der Waals surface area contributed by atoms with E-state index in [0.29, 0.717) is 13.0 Å². The van der Waals surface area contributed by atoms with E-state index in [1.807, 2.05) is 0 Å². The first-order valence-electron chi connectivity index (χ1n) is 6.11. The summed E-state index contributed by atoms with van der Waals surface area (Å²) in [6, 6.07) is 4.42. The van der Waals surface area contributed by atoms with Crippen molar-refractivity contribution in [2.75, 3.05) is 11.9 Å². The Hall–Kier alpha value is -2.05. The fourth-order valence-electron chi connectivity index (χ4n) is 2.03. The lowest BCUT2D eigenvalue weighted by Crippen LogP contribution is -2.38. The van der Waals surface area contributed by atoms with Crippen LogP contribution >= 0.6 is 0 Å². The van der Waals surface area contributed by atoms with Gasteiger partial charge in [-0.05, 0) is 24.6 Å². The fourth-order valence-corrected chi connectivity index (χ4v) is 2.03. The number of benzene rings is 1. The van der Waals surface area contributed by atoms with E-state index < -0.39 is 23.6 Å². The first-order valence-corrected chi connectivity index (χ1v) is 6.11. The largest absolute Gasteiger partial charge is 0.416 e. The van der Waals surface area contributed by atoms with Crippen LogP contribution in [0.3, 0.4) is 0 Å². The first kappa shape index (κ1) is 14.4. The van der Waals surface area contributed by atoms with Gasteiger partial charge in [-0.1, -0.05) is 6.07 Å². The Morgan fingerprint density at radius 3 is 2.75 bits per heavy atom. The van der Waals surface area contributed by atoms with Gasteiger partial charge in [0.15, 0.2) is 0 Å². The Kier molecular flexibility index (Phi) is 3.96. The molecular formula is C13H13F3N2O2. The van der Waals surface area contributed by atoms with Gasteiger partial charge >= 0.3 is 6.18 Å². The van der Waals surface area contributed by atoms with E-state index in [9.17, 15) is 22.8 Å². The van der Waals surface area contributed by atoms with Crippen LogP contribution in [0.2, 0.25) is 0 Å². The summed E-state index contributed by atoms with van der Waals surface area (Å²) in [5.41, 5.74) is -0.743. The van der Waals surface area contributed by atoms with Gasteiger partial charge in [0.05, 0.1) is 5.56 Å². The number of anilines is 1. The molecule has 0 radical (unpaired) electrons. The number of piperidine rings is 1. The highest BCUT2D eigenvalue weighted by atomic mass is 19.4. The molecule has 1 atom stereocenters. The zero-order valence-corrected chi connectivity index (χ0v) is 10.5. The number of carbonyl (C=O) groups excluding carboxylic acids is 2. The Bertz CT molecular complexity index is 529. The molecule has 0 bridgehead atoms. The lowest BCUT2D eigenvalue weighted by molar-refractivity contribution is -0.137. The highest BCUT2D eigenvalue weighted by molar-refractivity contribution is 5.95. The van der Waals surface area contributed by atoms with Gasteiger partial charge in [-0.3, -0.25) is 9.59 Å². The van der Waals surface area contributed by atoms with E-state index >= 15 is 0 Å². The van der Waals surface area contributed by atoms with Crippen LogP contribution in [0.4, 0.5) is 18.9 Å². The number of amides is 2. The molecule has 20 heavy (non-hydrogen) atoms. The molecule has 1 unspecified atom stereocenters. The molecule has 1 aliphatic rings. The third kappa shape index (κ3) is 3.49. The van der Waals surface area contributed by atoms with Gasteiger partial charge in [-0.25, -0.2) is 0 Å². The lowest BCUT2D eigenvalue weighted by atomic mass is 9.96. The van der Waals surface area contributed by atoms with Crippen molar-refractivity contribution in [2.24, 2.45) is 5.92 Å². The van der Waals surface area contributed by atoms with Gasteiger partial charge in [0, 0.05) is 24.6 Å². The van der Waals surface area contributed by atoms with Gasteiger partial charge in [-0.2, -0.15) is 13.2 Å². The quantitative estimate of drug-likeness (QED) is 0.875. The maximum atomic E-state index is 12.5. The Morgan fingerprint density at radius 2 is 2.10 bits per heavy atom. The molecule has 1 aromatic rings. The van der Waals surface area contributed by atoms with Crippen LogP contribution in [0.5, 0.6) is 0 Å². The first-order chi connectivity index (χ1) is 9.36. The van der Waals surface area contributed by atoms with Gasteiger partial charge < -0.3 is 10.6 Å². The Morgan fingerprint density at radius 1 is 1.35 bits per heavy atom. The lowest BCUT2D eigenvalue weighted by Gasteiger charge is -2.21. The molecule has 4 nitrogen and oxygen atoms in total. The third-order valence-electron chi connectivity index (χ3n) is 3.07. The SMILES string of the molecule is O=C1CC(C(=O)Nc2cccc(C(F)(F)F)c2)CCN1. The summed E-state index contributed by atoms with van der Waals surface area (Å²) >= 11 is 0. The summed E-state index contributed by atoms with van der Waals surface area (Å²) in [6.07, 6.45) is -3.91. The van der Waals surface area contributed by atoms with Crippen LogP contribution in [0.25, 0.3) is 0 Å². The third-order valence-corrected chi connectivity index (χ3v) is 3.07. The van der Waals surface area contributed by atoms with E-state index in [2.05, 4.69) is 10.6 Å². The second-order valence-electron chi connectivity index (χ2n) is 4.61. The maximum Gasteiger partial charge on any atom is 0.416 e. The van der Waals surface area contributed by atoms with Crippen LogP contribution in [0, 0.1) is 5.92 Å². The van der Waals surface area contributed by atoms with E-state index in [1.165, 1.54) is 12.1 Å². The van der Waals surface area contributed by atoms with Gasteiger partial charge in [-0.15, -0.1) is 0 Å². The summed E-state index contributed by atoms with van der Waals surface area (Å²) in [7, 11) is 0. The zero-order chi connectivity index (χ0) is 14.8. The highest BCUT2D eigenvalue weighted by Gasteiger charge is 2.31. The fraction of sp³-hybridized carbons (Fsp3) is 0.385. The molecule has 0 saturated carbocycles. The van der Waals surface area contributed by atoms with Crippen LogP contribution < -0.4 is 10.6 Å². The van der Waals surface area contributed by atoms with Gasteiger partial charge in [0.2, 0.25) is 11.8 Å². The topological polar surface area (TPSA) is 58.2 Å². The normalized spacial score (nSPS) is 19.4. The van der Waals surface area contributed by atoms with Crippen LogP contribution in [0.15, 0.2) is 24.3 Å². The molecule has 2 N–H and O–H groups in total. The molecule has 0 spiro atoms. The monoisotopic (exact) mass is 286 g/mol. The molecule has 0 aliphatic carbocycles. The van der Waals surface area contributed by atoms with Crippen LogP contribution in [-0.4, -0.2) is 18.4 Å². The van der Waals surface area contributed by atoms with Crippen LogP contribution in [0.1, 0.15) is 18.4 Å². The molecule has 1 aliphatic heterocycles. The summed E-state index contributed by atoms with van der Waals surface area (Å²) in [6.45, 7) is 0.402. The molecular weight excluding hydrogens is 273 g/mol. The molecule has 2 rings (SSSR count). The number of hydrogen-bond donors (Lipinski definition) is 2. The van der Waals surface area contributed by atoms with Crippen molar-refractivity contribution in [1.29, 1.82) is 0 Å². The number of alkyl halides is 3. The van der Waals surface area contributed by atoms with E-state index in [-0.39, 0.29) is 18.0 Å². The Balaban J connectivity index is 2.06. The molecule has 0 aromatic heterocycles. The number of carbonyl (C=O) groups is 2. The van der Waals surface area contributed by atoms with Crippen molar-refractivity contribution in [3.63, 3.8) is 0 Å². The molecule has 108 valence electrons. The zero-order valence-electron chi connectivity index (χ0n) is 10.5. The minimum Gasteiger partial charge on any atom is -0.356 e. The molecule has 1 saturated heterocycles. The number of rotatable bonds is 2. The van der Waals surface area contributed by atoms with Crippen molar-refractivity contribution < 1.29 is 22.8 Å². The predicted octanol–water partition coefficient (Wildman–Crippen LogP) is 2.17. The maximum absolute atomic E-state index is 12.5. The number of nitrogens with one attached hydrogen (secondary N) is 2. The van der Waals surface area contributed by atoms with Crippen molar-refractivity contribution in [3.8, 4) is 0 Å². The standard InChI is InChI=1S/C13H13F3N2O2/c14-13(15,16)9-2-1-3-10(7-9)18-12(20)8-4-5-17-11(19)6-8/h1-3,7-8H,4-6H2,(H,17,19)(H,18,20). The number of halogens is 3. The summed E-state index contributed by atoms with van der Waals surface area (Å²) in [4.78, 5) is 23.1. The van der Waals surface area contributed by atoms with E-state index in [0.717, 1.165) is 12.1 Å². The van der Waals surface area contributed by atoms with Crippen molar-refractivity contribution >= 4 is 17.5 Å².